The number of ether oxygens (including phenoxy) is 1. The van der Waals surface area contributed by atoms with Crippen LogP contribution in [-0.4, -0.2) is 37.7 Å². The number of amides is 1. The third-order valence-electron chi connectivity index (χ3n) is 4.74. The van der Waals surface area contributed by atoms with E-state index in [1.165, 1.54) is 37.5 Å². The molecular weight excluding hydrogens is 437 g/mol. The number of para-hydroxylation sites is 1. The van der Waals surface area contributed by atoms with Gasteiger partial charge in [-0.05, 0) is 55.5 Å². The molecule has 1 N–H and O–H groups in total. The fraction of sp³-hybridized carbons (Fsp3) is 0.0800. The summed E-state index contributed by atoms with van der Waals surface area (Å²) in [4.78, 5) is 32.4. The second-order valence-corrected chi connectivity index (χ2v) is 7.19. The molecule has 0 saturated carbocycles. The van der Waals surface area contributed by atoms with Crippen LogP contribution >= 0.6 is 0 Å². The minimum absolute atomic E-state index is 0.114. The van der Waals surface area contributed by atoms with E-state index in [0.29, 0.717) is 16.8 Å². The van der Waals surface area contributed by atoms with Crippen molar-refractivity contribution in [2.45, 2.75) is 13.0 Å². The maximum absolute atomic E-state index is 13.4. The van der Waals surface area contributed by atoms with Crippen LogP contribution in [0.25, 0.3) is 23.0 Å². The van der Waals surface area contributed by atoms with Crippen LogP contribution in [0.15, 0.2) is 85.3 Å². The lowest BCUT2D eigenvalue weighted by molar-refractivity contribution is -0.148. The van der Waals surface area contributed by atoms with Gasteiger partial charge in [-0.1, -0.05) is 18.2 Å². The first-order valence-electron chi connectivity index (χ1n) is 10.4. The van der Waals surface area contributed by atoms with Crippen LogP contribution in [0.4, 0.5) is 10.3 Å². The zero-order chi connectivity index (χ0) is 23.9. The Kier molecular flexibility index (Phi) is 6.83. The normalized spacial score (nSPS) is 11.8. The third kappa shape index (κ3) is 5.57. The average molecular weight is 457 g/mol. The molecule has 1 atom stereocenters. The van der Waals surface area contributed by atoms with Crippen molar-refractivity contribution < 1.29 is 18.7 Å². The molecule has 170 valence electrons. The summed E-state index contributed by atoms with van der Waals surface area (Å²) in [6.45, 7) is 1.45. The number of hydrogen-bond donors (Lipinski definition) is 1. The van der Waals surface area contributed by atoms with E-state index in [4.69, 9.17) is 4.74 Å². The Morgan fingerprint density at radius 1 is 1.03 bits per heavy atom. The van der Waals surface area contributed by atoms with E-state index >= 15 is 0 Å². The zero-order valence-electron chi connectivity index (χ0n) is 18.1. The van der Waals surface area contributed by atoms with Crippen LogP contribution in [0.2, 0.25) is 0 Å². The van der Waals surface area contributed by atoms with Gasteiger partial charge in [0.1, 0.15) is 5.82 Å². The molecule has 1 amide bonds. The summed E-state index contributed by atoms with van der Waals surface area (Å²) in [7, 11) is 0. The van der Waals surface area contributed by atoms with Gasteiger partial charge in [0.2, 0.25) is 5.95 Å². The highest BCUT2D eigenvalue weighted by Crippen LogP contribution is 2.25. The fourth-order valence-corrected chi connectivity index (χ4v) is 3.05. The molecule has 0 radical (unpaired) electrons. The minimum Gasteiger partial charge on any atom is -0.449 e. The highest BCUT2D eigenvalue weighted by molar-refractivity contribution is 5.95. The van der Waals surface area contributed by atoms with Gasteiger partial charge < -0.3 is 4.74 Å². The maximum atomic E-state index is 13.4. The molecule has 0 aliphatic rings. The lowest BCUT2D eigenvalue weighted by Crippen LogP contribution is -2.30. The quantitative estimate of drug-likeness (QED) is 0.332. The second-order valence-electron chi connectivity index (χ2n) is 7.19. The Hall–Kier alpha value is -4.66. The van der Waals surface area contributed by atoms with E-state index in [1.807, 2.05) is 30.3 Å². The van der Waals surface area contributed by atoms with Gasteiger partial charge in [-0.2, -0.15) is 5.10 Å². The summed E-state index contributed by atoms with van der Waals surface area (Å²) in [6.07, 6.45) is 6.40. The molecule has 9 heteroatoms. The van der Waals surface area contributed by atoms with Crippen molar-refractivity contribution in [2.75, 3.05) is 5.32 Å². The maximum Gasteiger partial charge on any atom is 0.331 e. The SMILES string of the molecule is CC(OC(=O)/C=C/c1cn(-c2ccccc2)nc1-c1ccc(F)cc1)C(=O)Nc1ncccn1. The van der Waals surface area contributed by atoms with Crippen LogP contribution in [0.3, 0.4) is 0 Å². The van der Waals surface area contributed by atoms with Crippen LogP contribution < -0.4 is 5.32 Å². The lowest BCUT2D eigenvalue weighted by atomic mass is 10.1. The van der Waals surface area contributed by atoms with E-state index in [1.54, 1.807) is 35.2 Å². The number of hydrogen-bond acceptors (Lipinski definition) is 6. The van der Waals surface area contributed by atoms with E-state index in [2.05, 4.69) is 20.4 Å². The monoisotopic (exact) mass is 457 g/mol. The predicted molar refractivity (Wildman–Crippen MR) is 124 cm³/mol. The summed E-state index contributed by atoms with van der Waals surface area (Å²) in [5.74, 6) is -1.52. The van der Waals surface area contributed by atoms with Crippen LogP contribution in [0, 0.1) is 5.82 Å². The molecule has 1 unspecified atom stereocenters. The number of halogens is 1. The Bertz CT molecular complexity index is 1310. The van der Waals surface area contributed by atoms with Crippen molar-refractivity contribution in [3.63, 3.8) is 0 Å². The number of nitrogens with one attached hydrogen (secondary N) is 1. The van der Waals surface area contributed by atoms with Gasteiger partial charge in [-0.25, -0.2) is 23.8 Å². The lowest BCUT2D eigenvalue weighted by Gasteiger charge is -2.11. The fourth-order valence-electron chi connectivity index (χ4n) is 3.05. The van der Waals surface area contributed by atoms with E-state index in [0.717, 1.165) is 5.69 Å². The Labute approximate surface area is 194 Å². The third-order valence-corrected chi connectivity index (χ3v) is 4.74. The number of aromatic nitrogens is 4. The Morgan fingerprint density at radius 3 is 2.44 bits per heavy atom. The number of carbonyl (C=O) groups is 2. The number of benzene rings is 2. The van der Waals surface area contributed by atoms with Gasteiger partial charge in [0.15, 0.2) is 6.10 Å². The van der Waals surface area contributed by atoms with Crippen LogP contribution in [-0.2, 0) is 14.3 Å². The van der Waals surface area contributed by atoms with Gasteiger partial charge in [0.05, 0.1) is 11.4 Å². The Morgan fingerprint density at radius 2 is 1.74 bits per heavy atom. The highest BCUT2D eigenvalue weighted by Gasteiger charge is 2.18. The molecule has 0 bridgehead atoms. The zero-order valence-corrected chi connectivity index (χ0v) is 18.1. The predicted octanol–water partition coefficient (Wildman–Crippen LogP) is 4.05. The minimum atomic E-state index is -1.07. The summed E-state index contributed by atoms with van der Waals surface area (Å²) in [5, 5.41) is 7.08. The van der Waals surface area contributed by atoms with Crippen molar-refractivity contribution in [3.8, 4) is 16.9 Å². The van der Waals surface area contributed by atoms with Gasteiger partial charge in [0, 0.05) is 35.8 Å². The molecule has 2 heterocycles. The van der Waals surface area contributed by atoms with Gasteiger partial charge in [0.25, 0.3) is 5.91 Å². The molecule has 2 aromatic carbocycles. The molecule has 34 heavy (non-hydrogen) atoms. The number of anilines is 1. The number of carbonyl (C=O) groups excluding carboxylic acids is 2. The number of nitrogens with zero attached hydrogens (tertiary/aromatic N) is 4. The largest absolute Gasteiger partial charge is 0.449 e. The van der Waals surface area contributed by atoms with E-state index in [-0.39, 0.29) is 11.8 Å². The summed E-state index contributed by atoms with van der Waals surface area (Å²) >= 11 is 0. The van der Waals surface area contributed by atoms with Crippen molar-refractivity contribution in [2.24, 2.45) is 0 Å². The van der Waals surface area contributed by atoms with Gasteiger partial charge in [-0.3, -0.25) is 10.1 Å². The standard InChI is InChI=1S/C25H20FN5O3/c1-17(24(33)29-25-27-14-5-15-28-25)34-22(32)13-10-19-16-31(21-6-3-2-4-7-21)30-23(19)18-8-11-20(26)12-9-18/h2-17H,1H3,(H,27,28,29,33)/b13-10+. The number of esters is 1. The molecule has 0 saturated heterocycles. The second kappa shape index (κ2) is 10.3. The van der Waals surface area contributed by atoms with Crippen LogP contribution in [0.5, 0.6) is 0 Å². The van der Waals surface area contributed by atoms with Gasteiger partial charge >= 0.3 is 5.97 Å². The summed E-state index contributed by atoms with van der Waals surface area (Å²) < 4.78 is 20.3. The molecule has 4 rings (SSSR count). The van der Waals surface area contributed by atoms with Crippen molar-refractivity contribution in [1.82, 2.24) is 19.7 Å². The molecule has 0 spiro atoms. The molecular formula is C25H20FN5O3. The van der Waals surface area contributed by atoms with Crippen molar-refractivity contribution in [3.05, 3.63) is 96.7 Å². The topological polar surface area (TPSA) is 99.0 Å². The molecule has 0 aliphatic carbocycles. The van der Waals surface area contributed by atoms with Crippen LogP contribution in [0.1, 0.15) is 12.5 Å². The summed E-state index contributed by atoms with van der Waals surface area (Å²) in [6, 6.07) is 17.0. The summed E-state index contributed by atoms with van der Waals surface area (Å²) in [5.41, 5.74) is 2.67. The average Bonchev–Trinajstić information content (AvgIpc) is 3.28. The van der Waals surface area contributed by atoms with Crippen molar-refractivity contribution in [1.29, 1.82) is 0 Å². The first-order chi connectivity index (χ1) is 16.5. The highest BCUT2D eigenvalue weighted by atomic mass is 19.1. The van der Waals surface area contributed by atoms with E-state index < -0.39 is 18.0 Å². The van der Waals surface area contributed by atoms with Crippen molar-refractivity contribution >= 4 is 23.9 Å². The Balaban J connectivity index is 1.51. The molecule has 0 fully saturated rings. The molecule has 4 aromatic rings. The number of rotatable bonds is 7. The smallest absolute Gasteiger partial charge is 0.331 e. The van der Waals surface area contributed by atoms with Gasteiger partial charge in [-0.15, -0.1) is 0 Å². The first kappa shape index (κ1) is 22.5. The molecule has 2 aromatic heterocycles. The molecule has 8 nitrogen and oxygen atoms in total. The molecule has 0 aliphatic heterocycles. The van der Waals surface area contributed by atoms with E-state index in [9.17, 15) is 14.0 Å². The first-order valence-corrected chi connectivity index (χ1v) is 10.4.